The highest BCUT2D eigenvalue weighted by atomic mass is 16.5. The van der Waals surface area contributed by atoms with E-state index < -0.39 is 5.41 Å². The number of nitrogens with zero attached hydrogens (tertiary/aromatic N) is 1. The summed E-state index contributed by atoms with van der Waals surface area (Å²) in [6, 6.07) is 6.57. The third-order valence-electron chi connectivity index (χ3n) is 7.90. The third kappa shape index (κ3) is 4.66. The van der Waals surface area contributed by atoms with Gasteiger partial charge in [0.15, 0.2) is 0 Å². The first-order chi connectivity index (χ1) is 15.4. The molecular formula is C26H38N2O4. The van der Waals surface area contributed by atoms with Crippen molar-refractivity contribution in [1.29, 1.82) is 0 Å². The van der Waals surface area contributed by atoms with Crippen molar-refractivity contribution in [2.75, 3.05) is 37.5 Å². The van der Waals surface area contributed by atoms with Gasteiger partial charge in [-0.1, -0.05) is 19.4 Å². The highest BCUT2D eigenvalue weighted by Gasteiger charge is 2.47. The van der Waals surface area contributed by atoms with E-state index in [4.69, 9.17) is 15.2 Å². The molecule has 1 aliphatic heterocycles. The zero-order valence-electron chi connectivity index (χ0n) is 19.6. The minimum absolute atomic E-state index is 0.156. The SMILES string of the molecule is COC(=O)C1(c2ccc(N(CC(C)CC3CCC(=O)C3)C3CCOCC3)c(N)c2)CCC1. The molecule has 2 unspecified atom stereocenters. The van der Waals surface area contributed by atoms with Crippen LogP contribution in [0.25, 0.3) is 0 Å². The lowest BCUT2D eigenvalue weighted by atomic mass is 9.64. The largest absolute Gasteiger partial charge is 0.468 e. The van der Waals surface area contributed by atoms with Crippen LogP contribution < -0.4 is 10.6 Å². The summed E-state index contributed by atoms with van der Waals surface area (Å²) in [6.07, 6.45) is 8.25. The van der Waals surface area contributed by atoms with Crippen molar-refractivity contribution in [3.8, 4) is 0 Å². The third-order valence-corrected chi connectivity index (χ3v) is 7.90. The summed E-state index contributed by atoms with van der Waals surface area (Å²) >= 11 is 0. The number of esters is 1. The summed E-state index contributed by atoms with van der Waals surface area (Å²) in [5, 5.41) is 0. The van der Waals surface area contributed by atoms with E-state index in [0.29, 0.717) is 23.7 Å². The molecule has 1 aromatic rings. The van der Waals surface area contributed by atoms with E-state index in [1.165, 1.54) is 7.11 Å². The van der Waals surface area contributed by atoms with Gasteiger partial charge in [-0.05, 0) is 68.1 Å². The molecule has 1 heterocycles. The van der Waals surface area contributed by atoms with Crippen molar-refractivity contribution in [3.05, 3.63) is 23.8 Å². The summed E-state index contributed by atoms with van der Waals surface area (Å²) in [6.45, 7) is 4.76. The number of carbonyl (C=O) groups is 2. The average Bonchev–Trinajstić information content (AvgIpc) is 3.16. The Balaban J connectivity index is 1.55. The number of ketones is 1. The zero-order chi connectivity index (χ0) is 22.7. The van der Waals surface area contributed by atoms with Gasteiger partial charge in [0.05, 0.1) is 23.9 Å². The fourth-order valence-corrected chi connectivity index (χ4v) is 5.96. The fraction of sp³-hybridized carbons (Fsp3) is 0.692. The number of nitrogens with two attached hydrogens (primary N) is 1. The van der Waals surface area contributed by atoms with E-state index in [1.54, 1.807) is 0 Å². The van der Waals surface area contributed by atoms with Crippen molar-refractivity contribution in [1.82, 2.24) is 0 Å². The van der Waals surface area contributed by atoms with Crippen molar-refractivity contribution < 1.29 is 19.1 Å². The van der Waals surface area contributed by atoms with Crippen LogP contribution in [0.5, 0.6) is 0 Å². The van der Waals surface area contributed by atoms with E-state index in [1.807, 2.05) is 6.07 Å². The van der Waals surface area contributed by atoms with Crippen LogP contribution >= 0.6 is 0 Å². The number of hydrogen-bond acceptors (Lipinski definition) is 6. The van der Waals surface area contributed by atoms with Gasteiger partial charge in [-0.3, -0.25) is 9.59 Å². The molecule has 3 fully saturated rings. The fourth-order valence-electron chi connectivity index (χ4n) is 5.96. The Kier molecular flexibility index (Phi) is 7.08. The molecule has 1 aromatic carbocycles. The number of methoxy groups -OCH3 is 1. The molecular weight excluding hydrogens is 404 g/mol. The van der Waals surface area contributed by atoms with Crippen molar-refractivity contribution in [2.24, 2.45) is 11.8 Å². The van der Waals surface area contributed by atoms with Crippen LogP contribution in [0.4, 0.5) is 11.4 Å². The highest BCUT2D eigenvalue weighted by Crippen LogP contribution is 2.46. The molecule has 32 heavy (non-hydrogen) atoms. The first-order valence-corrected chi connectivity index (χ1v) is 12.3. The van der Waals surface area contributed by atoms with Gasteiger partial charge >= 0.3 is 5.97 Å². The van der Waals surface area contributed by atoms with Crippen LogP contribution in [-0.4, -0.2) is 44.7 Å². The number of hydrogen-bond donors (Lipinski definition) is 1. The number of benzene rings is 1. The molecule has 0 spiro atoms. The Hall–Kier alpha value is -2.08. The van der Waals surface area contributed by atoms with Crippen molar-refractivity contribution >= 4 is 23.1 Å². The number of rotatable bonds is 8. The Labute approximate surface area is 191 Å². The van der Waals surface area contributed by atoms with Gasteiger partial charge in [-0.2, -0.15) is 0 Å². The smallest absolute Gasteiger partial charge is 0.316 e. The molecule has 0 bridgehead atoms. The van der Waals surface area contributed by atoms with Gasteiger partial charge in [0, 0.05) is 38.6 Å². The summed E-state index contributed by atoms with van der Waals surface area (Å²) in [5.41, 5.74) is 8.85. The molecule has 2 atom stereocenters. The topological polar surface area (TPSA) is 81.9 Å². The molecule has 0 aromatic heterocycles. The maximum absolute atomic E-state index is 12.5. The van der Waals surface area contributed by atoms with Crippen LogP contribution in [0.3, 0.4) is 0 Å². The maximum atomic E-state index is 12.5. The van der Waals surface area contributed by atoms with E-state index in [9.17, 15) is 9.59 Å². The van der Waals surface area contributed by atoms with Crippen molar-refractivity contribution in [2.45, 2.75) is 76.2 Å². The van der Waals surface area contributed by atoms with Crippen LogP contribution in [0.15, 0.2) is 18.2 Å². The standard InChI is InChI=1S/C26H38N2O4/c1-18(14-19-4-6-22(29)15-19)17-28(21-8-12-32-13-9-21)24-7-5-20(16-23(24)27)26(10-3-11-26)25(30)31-2/h5,7,16,18-19,21H,3-4,6,8-15,17,27H2,1-2H3. The van der Waals surface area contributed by atoms with Crippen LogP contribution in [0, 0.1) is 11.8 Å². The summed E-state index contributed by atoms with van der Waals surface area (Å²) < 4.78 is 10.7. The Morgan fingerprint density at radius 2 is 2.03 bits per heavy atom. The predicted molar refractivity (Wildman–Crippen MR) is 126 cm³/mol. The summed E-state index contributed by atoms with van der Waals surface area (Å²) in [4.78, 5) is 26.7. The quantitative estimate of drug-likeness (QED) is 0.479. The van der Waals surface area contributed by atoms with Crippen LogP contribution in [0.1, 0.15) is 70.3 Å². The number of ether oxygens (including phenoxy) is 2. The lowest BCUT2D eigenvalue weighted by molar-refractivity contribution is -0.151. The first-order valence-electron chi connectivity index (χ1n) is 12.3. The van der Waals surface area contributed by atoms with Crippen LogP contribution in [-0.2, 0) is 24.5 Å². The van der Waals surface area contributed by atoms with Crippen molar-refractivity contribution in [3.63, 3.8) is 0 Å². The molecule has 6 nitrogen and oxygen atoms in total. The number of anilines is 2. The minimum atomic E-state index is -0.535. The second-order valence-electron chi connectivity index (χ2n) is 10.2. The van der Waals surface area contributed by atoms with Gasteiger partial charge in [-0.25, -0.2) is 0 Å². The molecule has 0 radical (unpaired) electrons. The summed E-state index contributed by atoms with van der Waals surface area (Å²) in [7, 11) is 1.46. The monoisotopic (exact) mass is 442 g/mol. The van der Waals surface area contributed by atoms with Gasteiger partial charge in [0.1, 0.15) is 5.78 Å². The molecule has 6 heteroatoms. The lowest BCUT2D eigenvalue weighted by Gasteiger charge is -2.41. The zero-order valence-corrected chi connectivity index (χ0v) is 19.6. The molecule has 2 N–H and O–H groups in total. The Morgan fingerprint density at radius 3 is 2.59 bits per heavy atom. The van der Waals surface area contributed by atoms with E-state index in [-0.39, 0.29) is 5.97 Å². The molecule has 0 amide bonds. The number of carbonyl (C=O) groups excluding carboxylic acids is 2. The number of Topliss-reactive ketones (excluding diaryl/α,β-unsaturated/α-hetero) is 1. The summed E-state index contributed by atoms with van der Waals surface area (Å²) in [5.74, 6) is 1.25. The number of nitrogen functional groups attached to an aromatic ring is 1. The second kappa shape index (κ2) is 9.82. The Morgan fingerprint density at radius 1 is 1.28 bits per heavy atom. The first kappa shape index (κ1) is 23.1. The van der Waals surface area contributed by atoms with Gasteiger partial charge in [-0.15, -0.1) is 0 Å². The molecule has 1 saturated heterocycles. The second-order valence-corrected chi connectivity index (χ2v) is 10.2. The predicted octanol–water partition coefficient (Wildman–Crippen LogP) is 4.24. The van der Waals surface area contributed by atoms with Gasteiger partial charge in [0.25, 0.3) is 0 Å². The molecule has 4 rings (SSSR count). The maximum Gasteiger partial charge on any atom is 0.316 e. The van der Waals surface area contributed by atoms with E-state index in [0.717, 1.165) is 94.5 Å². The van der Waals surface area contributed by atoms with Gasteiger partial charge < -0.3 is 20.1 Å². The molecule has 2 saturated carbocycles. The molecule has 176 valence electrons. The minimum Gasteiger partial charge on any atom is -0.468 e. The highest BCUT2D eigenvalue weighted by molar-refractivity contribution is 5.85. The molecule has 2 aliphatic carbocycles. The van der Waals surface area contributed by atoms with E-state index in [2.05, 4.69) is 24.0 Å². The van der Waals surface area contributed by atoms with Crippen LogP contribution in [0.2, 0.25) is 0 Å². The Bertz CT molecular complexity index is 829. The average molecular weight is 443 g/mol. The lowest BCUT2D eigenvalue weighted by Crippen LogP contribution is -2.44. The van der Waals surface area contributed by atoms with Gasteiger partial charge in [0.2, 0.25) is 0 Å². The normalized spacial score (nSPS) is 24.1. The van der Waals surface area contributed by atoms with E-state index >= 15 is 0 Å². The molecule has 3 aliphatic rings.